The van der Waals surface area contributed by atoms with Gasteiger partial charge >= 0.3 is 119 Å². The third-order valence-electron chi connectivity index (χ3n) is 11.4. The minimum atomic E-state index is -1.74. The molecule has 9 aromatic rings. The topological polar surface area (TPSA) is 56.7 Å². The predicted molar refractivity (Wildman–Crippen MR) is 254 cm³/mol. The van der Waals surface area contributed by atoms with E-state index in [1.54, 1.807) is 0 Å². The molecule has 0 aliphatic carbocycles. The minimum absolute atomic E-state index is 0. The Hall–Kier alpha value is -5.14. The quantitative estimate of drug-likeness (QED) is 0.112. The molecule has 0 saturated heterocycles. The van der Waals surface area contributed by atoms with Crippen LogP contribution >= 0.6 is 0 Å². The maximum atomic E-state index is 6.44. The fraction of sp³-hybridized carbons (Fsp3) is 0.241. The smallest absolute Gasteiger partial charge is 0.216 e. The normalized spacial score (nSPS) is 11.8. The van der Waals surface area contributed by atoms with Crippen molar-refractivity contribution in [1.82, 2.24) is 19.5 Å². The number of para-hydroxylation sites is 2. The number of aromatic nitrogens is 4. The van der Waals surface area contributed by atoms with Crippen molar-refractivity contribution in [2.45, 2.75) is 83.5 Å². The van der Waals surface area contributed by atoms with Crippen LogP contribution in [0.3, 0.4) is 0 Å². The van der Waals surface area contributed by atoms with Crippen LogP contribution in [-0.2, 0) is 20.1 Å². The SMILES string of the molecule is CC(C)c1c[c-]c(-c2cc[c]([Ge]([CH3])([CH3])[CH3])cn2)cc1.Cc1ccc2c(n1)oc1c(-c3nc4ccccc4n3-c3c(C(C)C)cc(-c4ccccc4)cc3C(C)C)[c-]ccc12.[Ir]. The van der Waals surface area contributed by atoms with Gasteiger partial charge < -0.3 is 8.98 Å². The third-order valence-corrected chi connectivity index (χ3v) is 15.6. The molecule has 0 amide bonds. The Morgan fingerprint density at radius 2 is 1.38 bits per heavy atom. The van der Waals surface area contributed by atoms with E-state index in [0.29, 0.717) is 23.5 Å². The predicted octanol–water partition coefficient (Wildman–Crippen LogP) is 14.2. The van der Waals surface area contributed by atoms with Crippen molar-refractivity contribution in [2.75, 3.05) is 0 Å². The van der Waals surface area contributed by atoms with Gasteiger partial charge in [0.15, 0.2) is 0 Å². The minimum Gasteiger partial charge on any atom is -0.486 e. The Labute approximate surface area is 377 Å². The van der Waals surface area contributed by atoms with E-state index in [0.717, 1.165) is 55.7 Å². The number of nitrogens with zero attached hydrogens (tertiary/aromatic N) is 4. The van der Waals surface area contributed by atoms with Gasteiger partial charge in [-0.05, 0) is 77.4 Å². The Bertz CT molecular complexity index is 2910. The average molecular weight is 1040 g/mol. The summed E-state index contributed by atoms with van der Waals surface area (Å²) < 4.78 is 10.2. The van der Waals surface area contributed by atoms with Crippen LogP contribution in [-0.4, -0.2) is 32.8 Å². The first-order valence-corrected chi connectivity index (χ1v) is 28.5. The van der Waals surface area contributed by atoms with Crippen LogP contribution in [0, 0.1) is 19.1 Å². The molecule has 61 heavy (non-hydrogen) atoms. The van der Waals surface area contributed by atoms with Gasteiger partial charge in [0.2, 0.25) is 5.71 Å². The van der Waals surface area contributed by atoms with Crippen molar-refractivity contribution in [2.24, 2.45) is 0 Å². The number of pyridine rings is 2. The van der Waals surface area contributed by atoms with E-state index in [-0.39, 0.29) is 20.1 Å². The number of hydrogen-bond donors (Lipinski definition) is 0. The first kappa shape index (κ1) is 43.9. The maximum Gasteiger partial charge on any atom is 0.216 e. The Balaban J connectivity index is 0.000000237. The Kier molecular flexibility index (Phi) is 13.0. The van der Waals surface area contributed by atoms with E-state index < -0.39 is 13.3 Å². The molecule has 0 aliphatic rings. The number of aryl methyl sites for hydroxylation is 1. The van der Waals surface area contributed by atoms with Crippen molar-refractivity contribution in [1.29, 1.82) is 0 Å². The molecule has 4 aromatic heterocycles. The van der Waals surface area contributed by atoms with Crippen molar-refractivity contribution in [3.63, 3.8) is 0 Å². The second-order valence-electron chi connectivity index (χ2n) is 17.8. The van der Waals surface area contributed by atoms with E-state index >= 15 is 0 Å². The van der Waals surface area contributed by atoms with Crippen molar-refractivity contribution < 1.29 is 24.5 Å². The van der Waals surface area contributed by atoms with Crippen LogP contribution < -0.4 is 4.40 Å². The van der Waals surface area contributed by atoms with Gasteiger partial charge in [0.1, 0.15) is 0 Å². The van der Waals surface area contributed by atoms with E-state index in [2.05, 4.69) is 195 Å². The van der Waals surface area contributed by atoms with Crippen LogP contribution in [0.5, 0.6) is 0 Å². The van der Waals surface area contributed by atoms with Crippen LogP contribution in [0.15, 0.2) is 132 Å². The molecule has 7 heteroatoms. The fourth-order valence-corrected chi connectivity index (χ4v) is 10.0. The summed E-state index contributed by atoms with van der Waals surface area (Å²) in [6.07, 6.45) is 2.06. The van der Waals surface area contributed by atoms with Gasteiger partial charge in [-0.25, -0.2) is 4.98 Å². The van der Waals surface area contributed by atoms with Crippen molar-refractivity contribution in [3.05, 3.63) is 162 Å². The molecule has 5 aromatic carbocycles. The van der Waals surface area contributed by atoms with Gasteiger partial charge in [-0.15, -0.1) is 18.2 Å². The summed E-state index contributed by atoms with van der Waals surface area (Å²) in [5.74, 6) is 9.12. The summed E-state index contributed by atoms with van der Waals surface area (Å²) in [6, 6.07) is 49.5. The number of imidazole rings is 1. The molecule has 0 bridgehead atoms. The first-order chi connectivity index (χ1) is 28.8. The summed E-state index contributed by atoms with van der Waals surface area (Å²) in [5, 5.41) is 2.02. The zero-order chi connectivity index (χ0) is 42.3. The molecule has 9 rings (SSSR count). The second-order valence-corrected chi connectivity index (χ2v) is 28.5. The van der Waals surface area contributed by atoms with E-state index in [1.807, 2.05) is 25.1 Å². The van der Waals surface area contributed by atoms with Gasteiger partial charge in [0.05, 0.1) is 22.4 Å². The molecule has 0 spiro atoms. The van der Waals surface area contributed by atoms with E-state index in [4.69, 9.17) is 9.40 Å². The summed E-state index contributed by atoms with van der Waals surface area (Å²) in [5.41, 5.74) is 14.8. The summed E-state index contributed by atoms with van der Waals surface area (Å²) in [4.78, 5) is 14.5. The first-order valence-electron chi connectivity index (χ1n) is 21.2. The van der Waals surface area contributed by atoms with Gasteiger partial charge in [0, 0.05) is 36.9 Å². The molecule has 1 radical (unpaired) electrons. The zero-order valence-electron chi connectivity index (χ0n) is 36.9. The largest absolute Gasteiger partial charge is 0.486 e. The molecule has 0 N–H and O–H groups in total. The molecular weight excluding hydrogens is 985 g/mol. The molecule has 0 fully saturated rings. The standard InChI is InChI=1S/C37H32N3O.C17H22GeN.Ir/c1-22(2)30-20-26(25-12-7-6-8-13-25)21-31(23(3)4)34(30)40-33-17-10-9-16-32(33)39-36(40)29-15-11-14-27-28-19-18-24(5)38-37(28)41-35(27)29;1-13(2)14-6-8-15(9-7-14)17-11-10-16(12-19-17)18(3,4)5;/h6-14,16-23H,1-5H3;6-8,10-13H,1-5H3;/q2*-1;. The monoisotopic (exact) mass is 1040 g/mol. The molecule has 5 nitrogen and oxygen atoms in total. The van der Waals surface area contributed by atoms with E-state index in [1.165, 1.54) is 37.9 Å². The second kappa shape index (κ2) is 18.1. The van der Waals surface area contributed by atoms with Gasteiger partial charge in [-0.3, -0.25) is 4.98 Å². The van der Waals surface area contributed by atoms with Gasteiger partial charge in [-0.1, -0.05) is 81.1 Å². The third kappa shape index (κ3) is 8.95. The van der Waals surface area contributed by atoms with Gasteiger partial charge in [0.25, 0.3) is 0 Å². The molecule has 4 heterocycles. The van der Waals surface area contributed by atoms with Crippen LogP contribution in [0.1, 0.15) is 81.7 Å². The molecule has 311 valence electrons. The Morgan fingerprint density at radius 1 is 0.672 bits per heavy atom. The number of benzene rings is 5. The molecular formula is C54H54GeIrN4O-2. The number of fused-ring (bicyclic) bond motifs is 4. The number of rotatable bonds is 8. The zero-order valence-corrected chi connectivity index (χ0v) is 41.4. The van der Waals surface area contributed by atoms with Crippen LogP contribution in [0.2, 0.25) is 17.3 Å². The van der Waals surface area contributed by atoms with Crippen LogP contribution in [0.4, 0.5) is 0 Å². The number of hydrogen-bond acceptors (Lipinski definition) is 4. The average Bonchev–Trinajstić information content (AvgIpc) is 3.81. The van der Waals surface area contributed by atoms with E-state index in [9.17, 15) is 0 Å². The van der Waals surface area contributed by atoms with Crippen molar-refractivity contribution >= 4 is 50.8 Å². The summed E-state index contributed by atoms with van der Waals surface area (Å²) >= 11 is -1.74. The van der Waals surface area contributed by atoms with Crippen LogP contribution in [0.25, 0.3) is 72.6 Å². The number of furan rings is 1. The molecule has 0 atom stereocenters. The molecule has 0 unspecified atom stereocenters. The van der Waals surface area contributed by atoms with Crippen molar-refractivity contribution in [3.8, 4) is 39.5 Å². The molecule has 0 aliphatic heterocycles. The summed E-state index contributed by atoms with van der Waals surface area (Å²) in [6.45, 7) is 15.5. The molecule has 0 saturated carbocycles. The Morgan fingerprint density at radius 3 is 2.00 bits per heavy atom. The fourth-order valence-electron chi connectivity index (χ4n) is 7.87. The maximum absolute atomic E-state index is 6.44. The van der Waals surface area contributed by atoms with Gasteiger partial charge in [-0.2, -0.15) is 0 Å². The summed E-state index contributed by atoms with van der Waals surface area (Å²) in [7, 11) is 0.